The number of nitrogens with zero attached hydrogens (tertiary/aromatic N) is 4. The summed E-state index contributed by atoms with van der Waals surface area (Å²) in [5, 5.41) is 4.70. The first kappa shape index (κ1) is 11.7. The lowest BCUT2D eigenvalue weighted by Gasteiger charge is -2.22. The van der Waals surface area contributed by atoms with Crippen molar-refractivity contribution >= 4 is 22.8 Å². The van der Waals surface area contributed by atoms with Crippen LogP contribution in [0.3, 0.4) is 0 Å². The smallest absolute Gasteiger partial charge is 0.321 e. The molecule has 6 nitrogen and oxygen atoms in total. The maximum absolute atomic E-state index is 5.98. The molecule has 2 aromatic rings. The average molecular weight is 270 g/mol. The van der Waals surface area contributed by atoms with Crippen LogP contribution >= 0.6 is 11.6 Å². The molecule has 1 atom stereocenters. The zero-order valence-electron chi connectivity index (χ0n) is 10.0. The van der Waals surface area contributed by atoms with Gasteiger partial charge in [0.1, 0.15) is 13.3 Å². The van der Waals surface area contributed by atoms with Crippen LogP contribution < -0.4 is 9.57 Å². The zero-order chi connectivity index (χ0) is 12.5. The van der Waals surface area contributed by atoms with Crippen LogP contribution in [0.25, 0.3) is 11.2 Å². The van der Waals surface area contributed by atoms with Crippen molar-refractivity contribution in [3.05, 3.63) is 17.5 Å². The Morgan fingerprint density at radius 3 is 3.17 bits per heavy atom. The van der Waals surface area contributed by atoms with E-state index in [9.17, 15) is 0 Å². The van der Waals surface area contributed by atoms with Gasteiger partial charge in [0.05, 0.1) is 0 Å². The minimum atomic E-state index is -0.0625. The first-order chi connectivity index (χ1) is 8.79. The van der Waals surface area contributed by atoms with Crippen molar-refractivity contribution in [3.8, 4) is 0 Å². The molecule has 0 amide bonds. The van der Waals surface area contributed by atoms with E-state index in [0.717, 1.165) is 31.4 Å². The fraction of sp³-hybridized carbons (Fsp3) is 0.545. The lowest BCUT2D eigenvalue weighted by Crippen LogP contribution is -2.41. The van der Waals surface area contributed by atoms with Gasteiger partial charge in [-0.2, -0.15) is 5.10 Å². The maximum Gasteiger partial charge on any atom is 0.321 e. The van der Waals surface area contributed by atoms with Crippen LogP contribution in [0.15, 0.2) is 12.4 Å². The highest BCUT2D eigenvalue weighted by atomic mass is 35.5. The van der Waals surface area contributed by atoms with Gasteiger partial charge in [-0.3, -0.25) is 4.84 Å². The molecule has 2 aromatic heterocycles. The molecule has 0 bridgehead atoms. The van der Waals surface area contributed by atoms with Crippen molar-refractivity contribution in [2.24, 2.45) is 0 Å². The lowest BCUT2D eigenvalue weighted by atomic mass is 10.2. The molecule has 0 N–H and O–H groups in total. The predicted molar refractivity (Wildman–Crippen MR) is 64.1 cm³/mol. The number of ether oxygens (including phenoxy) is 1. The molecule has 3 rings (SSSR count). The molecule has 1 saturated heterocycles. The fourth-order valence-electron chi connectivity index (χ4n) is 2.19. The Balaban J connectivity index is 2.10. The van der Waals surface area contributed by atoms with Gasteiger partial charge >= 0.3 is 5.52 Å². The van der Waals surface area contributed by atoms with E-state index in [1.54, 1.807) is 28.9 Å². The predicted octanol–water partition coefficient (Wildman–Crippen LogP) is 1.13. The SMILES string of the molecule is CO[n+]1cc(Cl)nc2c1cnn2C1CCCCO1. The monoisotopic (exact) mass is 269 g/mol. The number of fused-ring (bicyclic) bond motifs is 1. The van der Waals surface area contributed by atoms with Crippen molar-refractivity contribution in [2.45, 2.75) is 25.5 Å². The third-order valence-corrected chi connectivity index (χ3v) is 3.23. The number of rotatable bonds is 2. The molecule has 18 heavy (non-hydrogen) atoms. The quantitative estimate of drug-likeness (QED) is 0.767. The van der Waals surface area contributed by atoms with Gasteiger partial charge in [-0.15, -0.1) is 0 Å². The second-order valence-corrected chi connectivity index (χ2v) is 4.58. The standard InChI is InChI=1S/C11H14ClN4O2/c1-17-15-7-9(12)14-11-8(15)6-13-16(11)10-4-2-3-5-18-10/h6-7,10H,2-5H2,1H3/q+1. The van der Waals surface area contributed by atoms with Gasteiger partial charge in [0.25, 0.3) is 6.20 Å². The van der Waals surface area contributed by atoms with Crippen molar-refractivity contribution in [1.29, 1.82) is 0 Å². The van der Waals surface area contributed by atoms with Crippen molar-refractivity contribution in [2.75, 3.05) is 13.7 Å². The number of halogens is 1. The molecule has 3 heterocycles. The molecule has 7 heteroatoms. The van der Waals surface area contributed by atoms with Crippen LogP contribution in [0, 0.1) is 0 Å². The fourth-order valence-corrected chi connectivity index (χ4v) is 2.35. The van der Waals surface area contributed by atoms with E-state index in [0.29, 0.717) is 10.8 Å². The van der Waals surface area contributed by atoms with Crippen molar-refractivity contribution in [3.63, 3.8) is 0 Å². The Labute approximate surface area is 109 Å². The van der Waals surface area contributed by atoms with Crippen molar-refractivity contribution < 1.29 is 14.3 Å². The zero-order valence-corrected chi connectivity index (χ0v) is 10.8. The summed E-state index contributed by atoms with van der Waals surface area (Å²) >= 11 is 5.98. The molecule has 0 saturated carbocycles. The average Bonchev–Trinajstić information content (AvgIpc) is 2.82. The van der Waals surface area contributed by atoms with E-state index in [1.807, 2.05) is 0 Å². The third kappa shape index (κ3) is 1.91. The van der Waals surface area contributed by atoms with Gasteiger partial charge < -0.3 is 4.74 Å². The Kier molecular flexibility index (Phi) is 3.05. The van der Waals surface area contributed by atoms with E-state index in [-0.39, 0.29) is 6.23 Å². The second-order valence-electron chi connectivity index (χ2n) is 4.19. The topological polar surface area (TPSA) is 53.0 Å². The van der Waals surface area contributed by atoms with Gasteiger partial charge in [-0.1, -0.05) is 11.6 Å². The van der Waals surface area contributed by atoms with Gasteiger partial charge in [-0.05, 0) is 19.3 Å². The molecule has 1 fully saturated rings. The lowest BCUT2D eigenvalue weighted by molar-refractivity contribution is -0.865. The second kappa shape index (κ2) is 4.70. The van der Waals surface area contributed by atoms with Gasteiger partial charge in [-0.25, -0.2) is 9.67 Å². The van der Waals surface area contributed by atoms with Crippen LogP contribution in [0.5, 0.6) is 0 Å². The first-order valence-electron chi connectivity index (χ1n) is 5.91. The summed E-state index contributed by atoms with van der Waals surface area (Å²) in [7, 11) is 1.57. The van der Waals surface area contributed by atoms with Crippen LogP contribution in [-0.2, 0) is 4.74 Å². The highest BCUT2D eigenvalue weighted by Gasteiger charge is 2.24. The number of hydrogen-bond acceptors (Lipinski definition) is 4. The highest BCUT2D eigenvalue weighted by Crippen LogP contribution is 2.24. The van der Waals surface area contributed by atoms with Crippen molar-refractivity contribution in [1.82, 2.24) is 14.8 Å². The summed E-state index contributed by atoms with van der Waals surface area (Å²) in [5.41, 5.74) is 1.45. The van der Waals surface area contributed by atoms with E-state index >= 15 is 0 Å². The number of hydrogen-bond donors (Lipinski definition) is 0. The third-order valence-electron chi connectivity index (χ3n) is 3.05. The highest BCUT2D eigenvalue weighted by molar-refractivity contribution is 6.29. The molecule has 1 unspecified atom stereocenters. The molecule has 0 radical (unpaired) electrons. The van der Waals surface area contributed by atoms with Crippen LogP contribution in [0.4, 0.5) is 0 Å². The van der Waals surface area contributed by atoms with Gasteiger partial charge in [0, 0.05) is 11.3 Å². The Morgan fingerprint density at radius 1 is 1.56 bits per heavy atom. The van der Waals surface area contributed by atoms with Gasteiger partial charge in [0.2, 0.25) is 10.8 Å². The van der Waals surface area contributed by atoms with E-state index in [4.69, 9.17) is 21.2 Å². The normalized spacial score (nSPS) is 20.2. The molecule has 1 aliphatic rings. The minimum Gasteiger partial charge on any atom is -0.356 e. The summed E-state index contributed by atoms with van der Waals surface area (Å²) < 4.78 is 9.04. The Hall–Kier alpha value is -1.40. The molecule has 0 spiro atoms. The van der Waals surface area contributed by atoms with Crippen LogP contribution in [0.1, 0.15) is 25.5 Å². The largest absolute Gasteiger partial charge is 0.356 e. The maximum atomic E-state index is 5.98. The van der Waals surface area contributed by atoms with E-state index in [2.05, 4.69) is 10.1 Å². The molecule has 96 valence electrons. The van der Waals surface area contributed by atoms with E-state index in [1.165, 1.54) is 0 Å². The minimum absolute atomic E-state index is 0.0625. The van der Waals surface area contributed by atoms with Gasteiger partial charge in [0.15, 0.2) is 6.23 Å². The molecule has 0 aromatic carbocycles. The summed E-state index contributed by atoms with van der Waals surface area (Å²) in [5.74, 6) is 0. The molecule has 1 aliphatic heterocycles. The van der Waals surface area contributed by atoms with Crippen LogP contribution in [-0.4, -0.2) is 28.5 Å². The summed E-state index contributed by atoms with van der Waals surface area (Å²) in [6, 6.07) is 0. The molecular weight excluding hydrogens is 256 g/mol. The summed E-state index contributed by atoms with van der Waals surface area (Å²) in [6.45, 7) is 0.761. The Bertz CT molecular complexity index is 565. The molecule has 0 aliphatic carbocycles. The van der Waals surface area contributed by atoms with Crippen LogP contribution in [0.2, 0.25) is 5.15 Å². The number of aromatic nitrogens is 4. The summed E-state index contributed by atoms with van der Waals surface area (Å²) in [4.78, 5) is 9.51. The summed E-state index contributed by atoms with van der Waals surface area (Å²) in [6.07, 6.45) is 6.43. The first-order valence-corrected chi connectivity index (χ1v) is 6.29. The molecular formula is C11H14ClN4O2+. The Morgan fingerprint density at radius 2 is 2.44 bits per heavy atom. The van der Waals surface area contributed by atoms with E-state index < -0.39 is 0 Å².